The number of rotatable bonds is 5. The molecule has 0 amide bonds. The highest BCUT2D eigenvalue weighted by Crippen LogP contribution is 2.28. The predicted octanol–water partition coefficient (Wildman–Crippen LogP) is 4.21. The predicted molar refractivity (Wildman–Crippen MR) is 119 cm³/mol. The van der Waals surface area contributed by atoms with Crippen molar-refractivity contribution in [1.82, 2.24) is 29.3 Å². The van der Waals surface area contributed by atoms with Crippen LogP contribution in [-0.2, 0) is 7.05 Å². The highest BCUT2D eigenvalue weighted by atomic mass is 32.2. The molecule has 0 spiro atoms. The molecule has 4 heterocycles. The molecule has 0 saturated carbocycles. The van der Waals surface area contributed by atoms with Crippen molar-refractivity contribution < 1.29 is 0 Å². The molecular weight excluding hydrogens is 416 g/mol. The van der Waals surface area contributed by atoms with Gasteiger partial charge in [0.05, 0.1) is 15.9 Å². The molecule has 9 heteroatoms. The zero-order valence-electron chi connectivity index (χ0n) is 16.3. The first-order valence-corrected chi connectivity index (χ1v) is 11.0. The van der Waals surface area contributed by atoms with Gasteiger partial charge in [-0.2, -0.15) is 5.10 Å². The molecule has 0 radical (unpaired) electrons. The number of pyridine rings is 1. The quantitative estimate of drug-likeness (QED) is 0.448. The summed E-state index contributed by atoms with van der Waals surface area (Å²) in [6, 6.07) is 12.0. The maximum absolute atomic E-state index is 11.6. The van der Waals surface area contributed by atoms with Crippen LogP contribution in [0, 0.1) is 0 Å². The lowest BCUT2D eigenvalue weighted by Gasteiger charge is -2.09. The second-order valence-corrected chi connectivity index (χ2v) is 9.01. The summed E-state index contributed by atoms with van der Waals surface area (Å²) in [6.45, 7) is 2.11. The van der Waals surface area contributed by atoms with Crippen LogP contribution in [0.3, 0.4) is 0 Å². The Morgan fingerprint density at radius 1 is 1.13 bits per heavy atom. The lowest BCUT2D eigenvalue weighted by molar-refractivity contribution is 0.777. The van der Waals surface area contributed by atoms with Crippen LogP contribution in [0.5, 0.6) is 0 Å². The number of H-pyrrole nitrogens is 1. The minimum absolute atomic E-state index is 0.0327. The summed E-state index contributed by atoms with van der Waals surface area (Å²) in [6.07, 6.45) is 7.46. The molecule has 1 N–H and O–H groups in total. The third kappa shape index (κ3) is 3.57. The van der Waals surface area contributed by atoms with Gasteiger partial charge in [0.1, 0.15) is 0 Å². The van der Waals surface area contributed by atoms with Gasteiger partial charge < -0.3 is 9.55 Å². The Hall–Kier alpha value is -3.17. The number of imidazole rings is 1. The third-order valence-corrected chi connectivity index (χ3v) is 6.84. The van der Waals surface area contributed by atoms with Gasteiger partial charge in [-0.05, 0) is 35.9 Å². The van der Waals surface area contributed by atoms with Gasteiger partial charge in [0.15, 0.2) is 11.0 Å². The fraction of sp³-hybridized carbons (Fsp3) is 0.143. The summed E-state index contributed by atoms with van der Waals surface area (Å²) >= 11 is 2.80. The van der Waals surface area contributed by atoms with Gasteiger partial charge in [0.25, 0.3) is 0 Å². The normalized spacial score (nSPS) is 12.5. The van der Waals surface area contributed by atoms with E-state index in [-0.39, 0.29) is 10.8 Å². The van der Waals surface area contributed by atoms with Crippen molar-refractivity contribution in [2.45, 2.75) is 22.9 Å². The fourth-order valence-corrected chi connectivity index (χ4v) is 4.78. The third-order valence-electron chi connectivity index (χ3n) is 4.94. The van der Waals surface area contributed by atoms with Crippen LogP contribution in [0.4, 0.5) is 0 Å². The van der Waals surface area contributed by atoms with Gasteiger partial charge in [-0.25, -0.2) is 14.6 Å². The van der Waals surface area contributed by atoms with E-state index in [1.807, 2.05) is 60.5 Å². The van der Waals surface area contributed by atoms with Crippen LogP contribution in [0.15, 0.2) is 76.0 Å². The average Bonchev–Trinajstić information content (AvgIpc) is 3.47. The average molecular weight is 435 g/mol. The van der Waals surface area contributed by atoms with Crippen LogP contribution >= 0.6 is 23.1 Å². The lowest BCUT2D eigenvalue weighted by Crippen LogP contribution is -2.02. The Morgan fingerprint density at radius 2 is 2.03 bits per heavy atom. The van der Waals surface area contributed by atoms with E-state index >= 15 is 0 Å². The molecule has 150 valence electrons. The van der Waals surface area contributed by atoms with E-state index in [0.717, 1.165) is 37.3 Å². The topological polar surface area (TPSA) is 81.4 Å². The van der Waals surface area contributed by atoms with Crippen LogP contribution in [-0.4, -0.2) is 29.3 Å². The zero-order valence-corrected chi connectivity index (χ0v) is 17.9. The second kappa shape index (κ2) is 7.58. The van der Waals surface area contributed by atoms with Crippen molar-refractivity contribution in [1.29, 1.82) is 0 Å². The van der Waals surface area contributed by atoms with Crippen LogP contribution < -0.4 is 4.87 Å². The zero-order chi connectivity index (χ0) is 20.7. The number of aryl methyl sites for hydroxylation is 1. The van der Waals surface area contributed by atoms with Gasteiger partial charge in [0, 0.05) is 42.6 Å². The number of aromatic amines is 1. The molecule has 0 aliphatic rings. The number of benzene rings is 1. The van der Waals surface area contributed by atoms with Gasteiger partial charge in [0.2, 0.25) is 0 Å². The summed E-state index contributed by atoms with van der Waals surface area (Å²) in [7, 11) is 1.97. The van der Waals surface area contributed by atoms with Gasteiger partial charge in [-0.15, -0.1) is 0 Å². The summed E-state index contributed by atoms with van der Waals surface area (Å²) in [4.78, 5) is 24.3. The lowest BCUT2D eigenvalue weighted by atomic mass is 9.98. The molecule has 0 aliphatic carbocycles. The molecule has 1 aromatic carbocycles. The monoisotopic (exact) mass is 434 g/mol. The molecule has 0 fully saturated rings. The highest BCUT2D eigenvalue weighted by molar-refractivity contribution is 7.99. The smallest absolute Gasteiger partial charge is 0.305 e. The molecule has 0 aliphatic heterocycles. The minimum Gasteiger partial charge on any atom is -0.329 e. The fourth-order valence-electron chi connectivity index (χ4n) is 3.22. The highest BCUT2D eigenvalue weighted by Gasteiger charge is 2.14. The maximum Gasteiger partial charge on any atom is 0.305 e. The van der Waals surface area contributed by atoms with Gasteiger partial charge in [-0.3, -0.25) is 4.79 Å². The van der Waals surface area contributed by atoms with E-state index in [9.17, 15) is 4.79 Å². The van der Waals surface area contributed by atoms with Crippen molar-refractivity contribution in [2.24, 2.45) is 7.05 Å². The summed E-state index contributed by atoms with van der Waals surface area (Å²) in [5.41, 5.74) is 2.95. The maximum atomic E-state index is 11.6. The van der Waals surface area contributed by atoms with E-state index in [1.54, 1.807) is 22.6 Å². The standard InChI is InChI=1S/C21H18N6OS2/c1-13(14-3-5-17-18(11-14)30-21(28)24-17)16-7-9-27(25-16)19-6-4-15(12-23-19)29-20-22-8-10-26(20)2/h3-13H,1-2H3,(H,24,28). The summed E-state index contributed by atoms with van der Waals surface area (Å²) < 4.78 is 4.73. The first-order chi connectivity index (χ1) is 14.6. The largest absolute Gasteiger partial charge is 0.329 e. The number of aromatic nitrogens is 6. The summed E-state index contributed by atoms with van der Waals surface area (Å²) in [5, 5.41) is 5.65. The molecule has 5 rings (SSSR count). The van der Waals surface area contributed by atoms with Crippen molar-refractivity contribution in [3.8, 4) is 5.82 Å². The second-order valence-electron chi connectivity index (χ2n) is 6.95. The van der Waals surface area contributed by atoms with E-state index < -0.39 is 0 Å². The first-order valence-electron chi connectivity index (χ1n) is 9.37. The molecule has 0 bridgehead atoms. The molecule has 7 nitrogen and oxygen atoms in total. The number of nitrogens with zero attached hydrogens (tertiary/aromatic N) is 5. The van der Waals surface area contributed by atoms with E-state index in [1.165, 1.54) is 11.3 Å². The first kappa shape index (κ1) is 18.8. The van der Waals surface area contributed by atoms with Crippen molar-refractivity contribution in [3.63, 3.8) is 0 Å². The van der Waals surface area contributed by atoms with E-state index in [4.69, 9.17) is 5.10 Å². The van der Waals surface area contributed by atoms with Crippen molar-refractivity contribution >= 4 is 33.3 Å². The Morgan fingerprint density at radius 3 is 2.80 bits per heavy atom. The Labute approximate surface area is 180 Å². The Kier molecular flexibility index (Phi) is 4.76. The van der Waals surface area contributed by atoms with Crippen molar-refractivity contribution in [2.75, 3.05) is 0 Å². The molecule has 1 unspecified atom stereocenters. The molecule has 5 aromatic rings. The Balaban J connectivity index is 1.36. The minimum atomic E-state index is -0.0327. The number of fused-ring (bicyclic) bond motifs is 1. The Bertz CT molecular complexity index is 1380. The molecule has 0 saturated heterocycles. The van der Waals surface area contributed by atoms with Crippen LogP contribution in [0.25, 0.3) is 16.0 Å². The molecular formula is C21H18N6OS2. The number of nitrogens with one attached hydrogen (secondary N) is 1. The van der Waals surface area contributed by atoms with Crippen LogP contribution in [0.1, 0.15) is 24.1 Å². The number of hydrogen-bond acceptors (Lipinski definition) is 6. The SMILES string of the molecule is CC(c1ccc2[nH]c(=O)sc2c1)c1ccn(-c2ccc(Sc3nccn3C)cn2)n1. The molecule has 4 aromatic heterocycles. The number of hydrogen-bond donors (Lipinski definition) is 1. The van der Waals surface area contributed by atoms with E-state index in [2.05, 4.69) is 27.9 Å². The summed E-state index contributed by atoms with van der Waals surface area (Å²) in [5.74, 6) is 0.864. The van der Waals surface area contributed by atoms with Gasteiger partial charge >= 0.3 is 4.87 Å². The van der Waals surface area contributed by atoms with Gasteiger partial charge in [-0.1, -0.05) is 36.1 Å². The van der Waals surface area contributed by atoms with Crippen molar-refractivity contribution in [3.05, 3.63) is 82.1 Å². The van der Waals surface area contributed by atoms with Crippen LogP contribution in [0.2, 0.25) is 0 Å². The number of thiazole rings is 1. The van der Waals surface area contributed by atoms with E-state index in [0.29, 0.717) is 0 Å². The molecule has 1 atom stereocenters. The molecule has 30 heavy (non-hydrogen) atoms.